The second-order valence-corrected chi connectivity index (χ2v) is 10.0. The van der Waals surface area contributed by atoms with E-state index < -0.39 is 29.3 Å². The van der Waals surface area contributed by atoms with Gasteiger partial charge in [-0.05, 0) is 42.3 Å². The molecule has 0 saturated carbocycles. The number of carboxylic acids is 1. The van der Waals surface area contributed by atoms with Crippen LogP contribution >= 0.6 is 11.6 Å². The van der Waals surface area contributed by atoms with E-state index in [1.54, 1.807) is 22.8 Å². The molecule has 0 unspecified atom stereocenters. The molecule has 0 spiro atoms. The molecule has 4 aromatic heterocycles. The Morgan fingerprint density at radius 2 is 1.88 bits per heavy atom. The second-order valence-electron chi connectivity index (χ2n) is 9.61. The standard InChI is InChI=1S/C29H21ClF3N5O4/c30-17-3-4-18(34-12-17)14-42-28-22(33)11-21(32)26(37-28)16-2-1-15(20(31)9-16)10-25-35-23-5-6-24(29(39)40)36-27(23)38(25)13-19-7-8-41-19/h1-6,9,11-12,19H,7-8,10,13-14H2,(H,39,40)/t19-/m0/s1. The molecule has 0 radical (unpaired) electrons. The van der Waals surface area contributed by atoms with Crippen molar-refractivity contribution in [3.8, 4) is 17.1 Å². The van der Waals surface area contributed by atoms with E-state index in [-0.39, 0.29) is 41.6 Å². The van der Waals surface area contributed by atoms with E-state index in [2.05, 4.69) is 19.9 Å². The Labute approximate surface area is 241 Å². The molecule has 1 aromatic carbocycles. The summed E-state index contributed by atoms with van der Waals surface area (Å²) in [4.78, 5) is 28.3. The lowest BCUT2D eigenvalue weighted by Gasteiger charge is -2.27. The van der Waals surface area contributed by atoms with Crippen LogP contribution in [0.2, 0.25) is 5.02 Å². The lowest BCUT2D eigenvalue weighted by atomic mass is 10.0. The summed E-state index contributed by atoms with van der Waals surface area (Å²) < 4.78 is 57.2. The van der Waals surface area contributed by atoms with Crippen LogP contribution in [-0.4, -0.2) is 48.3 Å². The van der Waals surface area contributed by atoms with Gasteiger partial charge in [0.2, 0.25) is 0 Å². The minimum Gasteiger partial charge on any atom is -0.477 e. The first kappa shape index (κ1) is 27.6. The Bertz CT molecular complexity index is 1810. The van der Waals surface area contributed by atoms with Gasteiger partial charge in [-0.15, -0.1) is 0 Å². The minimum atomic E-state index is -1.18. The summed E-state index contributed by atoms with van der Waals surface area (Å²) in [6.07, 6.45) is 2.17. The average Bonchev–Trinajstić information content (AvgIpc) is 3.28. The fourth-order valence-electron chi connectivity index (χ4n) is 4.52. The number of halogens is 4. The fraction of sp³-hybridized carbons (Fsp3) is 0.207. The fourth-order valence-corrected chi connectivity index (χ4v) is 4.63. The number of aromatic carboxylic acids is 1. The van der Waals surface area contributed by atoms with E-state index in [0.717, 1.165) is 12.5 Å². The number of ether oxygens (including phenoxy) is 2. The number of rotatable bonds is 9. The zero-order chi connectivity index (χ0) is 29.4. The third-order valence-corrected chi connectivity index (χ3v) is 7.01. The smallest absolute Gasteiger partial charge is 0.354 e. The lowest BCUT2D eigenvalue weighted by molar-refractivity contribution is -0.0590. The van der Waals surface area contributed by atoms with E-state index in [4.69, 9.17) is 21.1 Å². The number of aromatic nitrogens is 5. The highest BCUT2D eigenvalue weighted by atomic mass is 35.5. The van der Waals surface area contributed by atoms with Gasteiger partial charge in [0.1, 0.15) is 29.5 Å². The molecule has 1 aliphatic heterocycles. The Morgan fingerprint density at radius 1 is 1.05 bits per heavy atom. The molecule has 1 saturated heterocycles. The van der Waals surface area contributed by atoms with Crippen LogP contribution in [0.4, 0.5) is 13.2 Å². The topological polar surface area (TPSA) is 112 Å². The van der Waals surface area contributed by atoms with Gasteiger partial charge >= 0.3 is 5.97 Å². The molecule has 42 heavy (non-hydrogen) atoms. The van der Waals surface area contributed by atoms with Gasteiger partial charge in [-0.3, -0.25) is 4.98 Å². The van der Waals surface area contributed by atoms with Crippen molar-refractivity contribution in [3.63, 3.8) is 0 Å². The molecule has 0 bridgehead atoms. The van der Waals surface area contributed by atoms with E-state index >= 15 is 4.39 Å². The Morgan fingerprint density at radius 3 is 2.57 bits per heavy atom. The highest BCUT2D eigenvalue weighted by Gasteiger charge is 2.24. The van der Waals surface area contributed by atoms with Crippen molar-refractivity contribution in [2.75, 3.05) is 6.61 Å². The predicted molar refractivity (Wildman–Crippen MR) is 145 cm³/mol. The van der Waals surface area contributed by atoms with Gasteiger partial charge in [-0.1, -0.05) is 23.7 Å². The van der Waals surface area contributed by atoms with Crippen LogP contribution in [0.3, 0.4) is 0 Å². The molecule has 1 N–H and O–H groups in total. The Hall–Kier alpha value is -4.55. The molecule has 0 aliphatic carbocycles. The number of carbonyl (C=O) groups is 1. The van der Waals surface area contributed by atoms with Gasteiger partial charge in [-0.2, -0.15) is 0 Å². The Balaban J connectivity index is 1.28. The third kappa shape index (κ3) is 5.63. The molecule has 214 valence electrons. The van der Waals surface area contributed by atoms with Gasteiger partial charge in [0.25, 0.3) is 5.88 Å². The molecule has 1 aliphatic rings. The van der Waals surface area contributed by atoms with Crippen molar-refractivity contribution in [1.29, 1.82) is 0 Å². The monoisotopic (exact) mass is 595 g/mol. The lowest BCUT2D eigenvalue weighted by Crippen LogP contribution is -2.32. The first-order valence-electron chi connectivity index (χ1n) is 12.8. The summed E-state index contributed by atoms with van der Waals surface area (Å²) in [6.45, 7) is 0.852. The summed E-state index contributed by atoms with van der Waals surface area (Å²) in [5.74, 6) is -3.85. The average molecular weight is 596 g/mol. The zero-order valence-corrected chi connectivity index (χ0v) is 22.5. The second kappa shape index (κ2) is 11.4. The summed E-state index contributed by atoms with van der Waals surface area (Å²) in [5, 5.41) is 9.80. The number of hydrogen-bond acceptors (Lipinski definition) is 7. The van der Waals surface area contributed by atoms with Crippen LogP contribution < -0.4 is 4.74 Å². The molecule has 5 aromatic rings. The maximum absolute atomic E-state index is 15.4. The van der Waals surface area contributed by atoms with Crippen LogP contribution in [0.5, 0.6) is 5.88 Å². The summed E-state index contributed by atoms with van der Waals surface area (Å²) in [6, 6.07) is 10.8. The first-order valence-corrected chi connectivity index (χ1v) is 13.2. The number of pyridine rings is 3. The summed E-state index contributed by atoms with van der Waals surface area (Å²) >= 11 is 5.82. The maximum atomic E-state index is 15.4. The van der Waals surface area contributed by atoms with Gasteiger partial charge in [-0.25, -0.2) is 32.9 Å². The highest BCUT2D eigenvalue weighted by Crippen LogP contribution is 2.29. The molecule has 1 atom stereocenters. The molecule has 1 fully saturated rings. The molecule has 9 nitrogen and oxygen atoms in total. The molecular weight excluding hydrogens is 575 g/mol. The quantitative estimate of drug-likeness (QED) is 0.234. The number of carboxylic acid groups (broad SMARTS) is 1. The summed E-state index contributed by atoms with van der Waals surface area (Å²) in [7, 11) is 0. The van der Waals surface area contributed by atoms with Crippen LogP contribution in [-0.2, 0) is 24.3 Å². The van der Waals surface area contributed by atoms with Crippen molar-refractivity contribution < 1.29 is 32.5 Å². The first-order chi connectivity index (χ1) is 20.2. The predicted octanol–water partition coefficient (Wildman–Crippen LogP) is 5.62. The molecule has 0 amide bonds. The largest absolute Gasteiger partial charge is 0.477 e. The molecule has 13 heteroatoms. The van der Waals surface area contributed by atoms with Crippen LogP contribution in [0.25, 0.3) is 22.4 Å². The molecular formula is C29H21ClF3N5O4. The van der Waals surface area contributed by atoms with Gasteiger partial charge < -0.3 is 19.1 Å². The van der Waals surface area contributed by atoms with Crippen LogP contribution in [0.1, 0.15) is 34.0 Å². The van der Waals surface area contributed by atoms with E-state index in [1.165, 1.54) is 24.4 Å². The van der Waals surface area contributed by atoms with Crippen LogP contribution in [0, 0.1) is 17.5 Å². The van der Waals surface area contributed by atoms with Gasteiger partial charge in [0.05, 0.1) is 23.4 Å². The maximum Gasteiger partial charge on any atom is 0.354 e. The number of benzene rings is 1. The normalized spacial score (nSPS) is 14.6. The van der Waals surface area contributed by atoms with Crippen molar-refractivity contribution in [2.24, 2.45) is 0 Å². The van der Waals surface area contributed by atoms with Crippen molar-refractivity contribution in [2.45, 2.75) is 32.1 Å². The molecule has 5 heterocycles. The highest BCUT2D eigenvalue weighted by molar-refractivity contribution is 6.30. The van der Waals surface area contributed by atoms with Gasteiger partial charge in [0.15, 0.2) is 23.0 Å². The van der Waals surface area contributed by atoms with Gasteiger partial charge in [0, 0.05) is 30.9 Å². The van der Waals surface area contributed by atoms with E-state index in [9.17, 15) is 18.7 Å². The number of fused-ring (bicyclic) bond motifs is 1. The third-order valence-electron chi connectivity index (χ3n) is 6.79. The number of imidazole rings is 1. The van der Waals surface area contributed by atoms with Crippen molar-refractivity contribution in [1.82, 2.24) is 24.5 Å². The SMILES string of the molecule is O=C(O)c1ccc2nc(Cc3ccc(-c4nc(OCc5ccc(Cl)cn5)c(F)cc4F)cc3F)n(C[C@@H]3CCO3)c2n1. The van der Waals surface area contributed by atoms with Crippen molar-refractivity contribution in [3.05, 3.63) is 100.0 Å². The number of nitrogens with zero attached hydrogens (tertiary/aromatic N) is 5. The van der Waals surface area contributed by atoms with E-state index in [0.29, 0.717) is 46.9 Å². The minimum absolute atomic E-state index is 0.0411. The molecule has 6 rings (SSSR count). The Kier molecular flexibility index (Phi) is 7.48. The zero-order valence-electron chi connectivity index (χ0n) is 21.7. The van der Waals surface area contributed by atoms with E-state index in [1.807, 2.05) is 0 Å². The number of hydrogen-bond donors (Lipinski definition) is 1. The van der Waals surface area contributed by atoms with Crippen molar-refractivity contribution >= 4 is 28.7 Å². The summed E-state index contributed by atoms with van der Waals surface area (Å²) in [5.41, 5.74) is 1.17. The van der Waals surface area contributed by atoms with Crippen LogP contribution in [0.15, 0.2) is 54.7 Å².